The fourth-order valence-electron chi connectivity index (χ4n) is 2.40. The van der Waals surface area contributed by atoms with Gasteiger partial charge >= 0.3 is 0 Å². The fraction of sp³-hybridized carbons (Fsp3) is 0.235. The predicted octanol–water partition coefficient (Wildman–Crippen LogP) is 2.83. The molecule has 3 rings (SSSR count). The Morgan fingerprint density at radius 3 is 2.88 bits per heavy atom. The third kappa shape index (κ3) is 3.21. The van der Waals surface area contributed by atoms with Crippen molar-refractivity contribution in [1.29, 1.82) is 0 Å². The van der Waals surface area contributed by atoms with Gasteiger partial charge in [-0.25, -0.2) is 4.98 Å². The molecule has 0 saturated heterocycles. The molecule has 6 nitrogen and oxygen atoms in total. The van der Waals surface area contributed by atoms with E-state index >= 15 is 0 Å². The molecule has 0 aliphatic carbocycles. The van der Waals surface area contributed by atoms with Crippen LogP contribution in [0.15, 0.2) is 41.4 Å². The standard InChI is InChI=1S/C17H18N4O2S/c1-10-16(22)20-13-9-11(6-7-14(13)24-10)17(23)19-12-5-4-8-18-15(12)21(2)3/h4-10H,1-3H3,(H,19,23)(H,20,22)/t10-/m1/s1. The molecule has 124 valence electrons. The number of nitrogens with zero attached hydrogens (tertiary/aromatic N) is 2. The molecule has 0 saturated carbocycles. The van der Waals surface area contributed by atoms with Crippen molar-refractivity contribution in [2.24, 2.45) is 0 Å². The van der Waals surface area contributed by atoms with E-state index in [1.54, 1.807) is 30.5 Å². The van der Waals surface area contributed by atoms with Gasteiger partial charge in [0, 0.05) is 30.8 Å². The van der Waals surface area contributed by atoms with Crippen LogP contribution < -0.4 is 15.5 Å². The first-order valence-corrected chi connectivity index (χ1v) is 8.39. The van der Waals surface area contributed by atoms with E-state index in [1.165, 1.54) is 11.8 Å². The summed E-state index contributed by atoms with van der Waals surface area (Å²) in [6.07, 6.45) is 1.68. The van der Waals surface area contributed by atoms with Crippen LogP contribution in [-0.4, -0.2) is 36.1 Å². The highest BCUT2D eigenvalue weighted by atomic mass is 32.2. The summed E-state index contributed by atoms with van der Waals surface area (Å²) in [5, 5.41) is 5.58. The van der Waals surface area contributed by atoms with Crippen LogP contribution in [0.5, 0.6) is 0 Å². The van der Waals surface area contributed by atoms with Crippen molar-refractivity contribution in [2.45, 2.75) is 17.1 Å². The molecule has 1 aliphatic heterocycles. The molecule has 2 N–H and O–H groups in total. The maximum Gasteiger partial charge on any atom is 0.255 e. The Morgan fingerprint density at radius 1 is 1.33 bits per heavy atom. The number of anilines is 3. The van der Waals surface area contributed by atoms with Gasteiger partial charge in [-0.15, -0.1) is 11.8 Å². The molecular weight excluding hydrogens is 324 g/mol. The lowest BCUT2D eigenvalue weighted by Crippen LogP contribution is -2.26. The zero-order valence-corrected chi connectivity index (χ0v) is 14.5. The molecule has 0 fully saturated rings. The molecule has 0 spiro atoms. The second-order valence-corrected chi connectivity index (χ2v) is 7.07. The molecule has 1 atom stereocenters. The van der Waals surface area contributed by atoms with Crippen LogP contribution in [0.1, 0.15) is 17.3 Å². The lowest BCUT2D eigenvalue weighted by atomic mass is 10.1. The molecule has 7 heteroatoms. The normalized spacial score (nSPS) is 16.1. The average Bonchev–Trinajstić information content (AvgIpc) is 2.55. The highest BCUT2D eigenvalue weighted by molar-refractivity contribution is 8.00. The van der Waals surface area contributed by atoms with Crippen LogP contribution in [0.3, 0.4) is 0 Å². The number of hydrogen-bond donors (Lipinski definition) is 2. The summed E-state index contributed by atoms with van der Waals surface area (Å²) in [7, 11) is 3.73. The van der Waals surface area contributed by atoms with Crippen LogP contribution in [0, 0.1) is 0 Å². The van der Waals surface area contributed by atoms with Crippen LogP contribution >= 0.6 is 11.8 Å². The number of aromatic nitrogens is 1. The second kappa shape index (κ2) is 6.52. The van der Waals surface area contributed by atoms with Crippen LogP contribution in [-0.2, 0) is 4.79 Å². The zero-order chi connectivity index (χ0) is 17.3. The summed E-state index contributed by atoms with van der Waals surface area (Å²) in [5.41, 5.74) is 1.80. The van der Waals surface area contributed by atoms with Gasteiger partial charge in [-0.3, -0.25) is 9.59 Å². The Morgan fingerprint density at radius 2 is 2.12 bits per heavy atom. The number of benzene rings is 1. The quantitative estimate of drug-likeness (QED) is 0.897. The first-order chi connectivity index (χ1) is 11.5. The zero-order valence-electron chi connectivity index (χ0n) is 13.7. The van der Waals surface area contributed by atoms with Crippen molar-refractivity contribution in [3.8, 4) is 0 Å². The topological polar surface area (TPSA) is 74.3 Å². The van der Waals surface area contributed by atoms with Gasteiger partial charge in [0.15, 0.2) is 5.82 Å². The summed E-state index contributed by atoms with van der Waals surface area (Å²) < 4.78 is 0. The number of fused-ring (bicyclic) bond motifs is 1. The number of amides is 2. The summed E-state index contributed by atoms with van der Waals surface area (Å²) in [6.45, 7) is 1.86. The van der Waals surface area contributed by atoms with Crippen molar-refractivity contribution >= 4 is 40.8 Å². The monoisotopic (exact) mass is 342 g/mol. The van der Waals surface area contributed by atoms with E-state index < -0.39 is 0 Å². The van der Waals surface area contributed by atoms with Gasteiger partial charge in [-0.1, -0.05) is 0 Å². The molecule has 2 aromatic rings. The number of carbonyl (C=O) groups excluding carboxylic acids is 2. The first kappa shape index (κ1) is 16.3. The maximum atomic E-state index is 12.5. The van der Waals surface area contributed by atoms with Gasteiger partial charge in [-0.2, -0.15) is 0 Å². The minimum absolute atomic E-state index is 0.0489. The number of hydrogen-bond acceptors (Lipinski definition) is 5. The number of thioether (sulfide) groups is 1. The molecular formula is C17H18N4O2S. The van der Waals surface area contributed by atoms with Crippen LogP contribution in [0.2, 0.25) is 0 Å². The molecule has 1 aromatic heterocycles. The van der Waals surface area contributed by atoms with Gasteiger partial charge in [0.25, 0.3) is 5.91 Å². The van der Waals surface area contributed by atoms with Gasteiger partial charge in [0.2, 0.25) is 5.91 Å². The van der Waals surface area contributed by atoms with E-state index in [9.17, 15) is 9.59 Å². The van der Waals surface area contributed by atoms with Crippen LogP contribution in [0.25, 0.3) is 0 Å². The number of nitrogens with one attached hydrogen (secondary N) is 2. The third-order valence-electron chi connectivity index (χ3n) is 3.63. The minimum atomic E-state index is -0.244. The minimum Gasteiger partial charge on any atom is -0.361 e. The lowest BCUT2D eigenvalue weighted by molar-refractivity contribution is -0.115. The maximum absolute atomic E-state index is 12.5. The Balaban J connectivity index is 1.84. The van der Waals surface area contributed by atoms with Gasteiger partial charge in [-0.05, 0) is 37.3 Å². The SMILES string of the molecule is C[C@H]1Sc2ccc(C(=O)Nc3cccnc3N(C)C)cc2NC1=O. The van der Waals surface area contributed by atoms with Gasteiger partial charge in [0.1, 0.15) is 0 Å². The van der Waals surface area contributed by atoms with Crippen molar-refractivity contribution in [3.05, 3.63) is 42.1 Å². The second-order valence-electron chi connectivity index (χ2n) is 5.68. The van der Waals surface area contributed by atoms with E-state index in [4.69, 9.17) is 0 Å². The van der Waals surface area contributed by atoms with E-state index in [0.717, 1.165) is 4.90 Å². The highest BCUT2D eigenvalue weighted by Gasteiger charge is 2.24. The molecule has 2 amide bonds. The molecule has 0 bridgehead atoms. The third-order valence-corrected chi connectivity index (χ3v) is 4.81. The van der Waals surface area contributed by atoms with Crippen molar-refractivity contribution < 1.29 is 9.59 Å². The average molecular weight is 342 g/mol. The predicted molar refractivity (Wildman–Crippen MR) is 96.9 cm³/mol. The highest BCUT2D eigenvalue weighted by Crippen LogP contribution is 2.36. The summed E-state index contributed by atoms with van der Waals surface area (Å²) in [4.78, 5) is 31.4. The van der Waals surface area contributed by atoms with Crippen molar-refractivity contribution in [3.63, 3.8) is 0 Å². The Bertz CT molecular complexity index is 807. The summed E-state index contributed by atoms with van der Waals surface area (Å²) >= 11 is 1.49. The molecule has 1 aromatic carbocycles. The molecule has 1 aliphatic rings. The van der Waals surface area contributed by atoms with E-state index in [-0.39, 0.29) is 17.1 Å². The Hall–Kier alpha value is -2.54. The van der Waals surface area contributed by atoms with Crippen molar-refractivity contribution in [1.82, 2.24) is 4.98 Å². The number of rotatable bonds is 3. The van der Waals surface area contributed by atoms with Crippen molar-refractivity contribution in [2.75, 3.05) is 29.6 Å². The van der Waals surface area contributed by atoms with Crippen LogP contribution in [0.4, 0.5) is 17.2 Å². The largest absolute Gasteiger partial charge is 0.361 e. The van der Waals surface area contributed by atoms with Gasteiger partial charge < -0.3 is 15.5 Å². The van der Waals surface area contributed by atoms with Gasteiger partial charge in [0.05, 0.1) is 16.6 Å². The summed E-state index contributed by atoms with van der Waals surface area (Å²) in [5.74, 6) is 0.389. The first-order valence-electron chi connectivity index (χ1n) is 7.51. The van der Waals surface area contributed by atoms with E-state index in [1.807, 2.05) is 32.0 Å². The number of carbonyl (C=O) groups is 2. The molecule has 24 heavy (non-hydrogen) atoms. The number of pyridine rings is 1. The smallest absolute Gasteiger partial charge is 0.255 e. The Labute approximate surface area is 144 Å². The summed E-state index contributed by atoms with van der Waals surface area (Å²) in [6, 6.07) is 8.90. The molecule has 2 heterocycles. The molecule has 0 radical (unpaired) electrons. The molecule has 0 unspecified atom stereocenters. The lowest BCUT2D eigenvalue weighted by Gasteiger charge is -2.22. The van der Waals surface area contributed by atoms with E-state index in [2.05, 4.69) is 15.6 Å². The van der Waals surface area contributed by atoms with E-state index in [0.29, 0.717) is 22.8 Å². The fourth-order valence-corrected chi connectivity index (χ4v) is 3.33. The Kier molecular flexibility index (Phi) is 4.44.